The molecule has 3 fully saturated rings. The third-order valence-electron chi connectivity index (χ3n) is 6.85. The van der Waals surface area contributed by atoms with Crippen LogP contribution in [0, 0.1) is 11.8 Å². The number of fused-ring (bicyclic) bond motifs is 1. The van der Waals surface area contributed by atoms with E-state index in [1.807, 2.05) is 6.07 Å². The second-order valence-electron chi connectivity index (χ2n) is 8.02. The number of likely N-dealkylation sites (tertiary alicyclic amines) is 1. The van der Waals surface area contributed by atoms with Gasteiger partial charge in [0.2, 0.25) is 0 Å². The van der Waals surface area contributed by atoms with E-state index in [0.717, 1.165) is 24.9 Å². The molecule has 0 amide bonds. The summed E-state index contributed by atoms with van der Waals surface area (Å²) in [5.41, 5.74) is 3.30. The first kappa shape index (κ1) is 13.4. The minimum absolute atomic E-state index is 0.322. The lowest BCUT2D eigenvalue weighted by Crippen LogP contribution is -2.65. The minimum atomic E-state index is 0.322. The van der Waals surface area contributed by atoms with Crippen molar-refractivity contribution in [1.29, 1.82) is 0 Å². The van der Waals surface area contributed by atoms with Crippen molar-refractivity contribution >= 4 is 0 Å². The number of rotatable bonds is 2. The molecule has 118 valence electrons. The van der Waals surface area contributed by atoms with E-state index in [4.69, 9.17) is 0 Å². The van der Waals surface area contributed by atoms with Gasteiger partial charge in [0.1, 0.15) is 5.75 Å². The van der Waals surface area contributed by atoms with E-state index in [1.165, 1.54) is 56.3 Å². The Morgan fingerprint density at radius 3 is 3.05 bits per heavy atom. The van der Waals surface area contributed by atoms with Crippen LogP contribution in [-0.2, 0) is 11.8 Å². The molecule has 22 heavy (non-hydrogen) atoms. The number of nitrogens with one attached hydrogen (secondary N) is 1. The Hall–Kier alpha value is -1.06. The molecule has 3 nitrogen and oxygen atoms in total. The average molecular weight is 298 g/mol. The highest BCUT2D eigenvalue weighted by Gasteiger charge is 2.54. The number of phenolic OH excluding ortho intramolecular Hbond substituents is 1. The number of hydrogen-bond donors (Lipinski definition) is 2. The van der Waals surface area contributed by atoms with E-state index in [-0.39, 0.29) is 0 Å². The van der Waals surface area contributed by atoms with Gasteiger partial charge in [-0.1, -0.05) is 6.07 Å². The molecule has 2 saturated heterocycles. The largest absolute Gasteiger partial charge is 0.508 e. The molecular formula is C19H26N2O. The molecule has 0 radical (unpaired) electrons. The molecule has 0 spiro atoms. The number of nitrogens with zero attached hydrogens (tertiary/aromatic N) is 1. The minimum Gasteiger partial charge on any atom is -0.508 e. The van der Waals surface area contributed by atoms with Crippen LogP contribution >= 0.6 is 0 Å². The van der Waals surface area contributed by atoms with Crippen LogP contribution in [0.4, 0.5) is 0 Å². The van der Waals surface area contributed by atoms with Crippen molar-refractivity contribution < 1.29 is 5.11 Å². The lowest BCUT2D eigenvalue weighted by molar-refractivity contribution is -0.00557. The third-order valence-corrected chi connectivity index (χ3v) is 6.85. The van der Waals surface area contributed by atoms with Gasteiger partial charge in [-0.2, -0.15) is 0 Å². The Morgan fingerprint density at radius 1 is 1.27 bits per heavy atom. The number of aromatic hydroxyl groups is 1. The SMILES string of the molecule is Oc1ccc2c(c1)C13CCNCC1C(C2)N(CC1CC1)CC3. The summed E-state index contributed by atoms with van der Waals surface area (Å²) >= 11 is 0. The fourth-order valence-electron chi connectivity index (χ4n) is 5.56. The van der Waals surface area contributed by atoms with Crippen molar-refractivity contribution in [2.24, 2.45) is 11.8 Å². The van der Waals surface area contributed by atoms with Gasteiger partial charge in [0.15, 0.2) is 0 Å². The van der Waals surface area contributed by atoms with Gasteiger partial charge >= 0.3 is 0 Å². The van der Waals surface area contributed by atoms with Crippen molar-refractivity contribution in [3.05, 3.63) is 29.3 Å². The van der Waals surface area contributed by atoms with E-state index in [0.29, 0.717) is 17.2 Å². The van der Waals surface area contributed by atoms with Gasteiger partial charge in [0.25, 0.3) is 0 Å². The number of phenols is 1. The van der Waals surface area contributed by atoms with Gasteiger partial charge in [-0.05, 0) is 80.3 Å². The summed E-state index contributed by atoms with van der Waals surface area (Å²) < 4.78 is 0. The summed E-state index contributed by atoms with van der Waals surface area (Å²) in [6.07, 6.45) is 6.58. The zero-order valence-corrected chi connectivity index (χ0v) is 13.2. The number of piperidine rings is 2. The molecule has 1 saturated carbocycles. The normalized spacial score (nSPS) is 37.5. The molecule has 1 aromatic rings. The summed E-state index contributed by atoms with van der Waals surface area (Å²) in [4.78, 5) is 2.81. The third kappa shape index (κ3) is 1.88. The van der Waals surface area contributed by atoms with Crippen LogP contribution in [0.3, 0.4) is 0 Å². The molecule has 2 heterocycles. The molecule has 4 aliphatic rings. The lowest BCUT2D eigenvalue weighted by Gasteiger charge is -2.59. The Bertz CT molecular complexity index is 597. The van der Waals surface area contributed by atoms with Crippen LogP contribution < -0.4 is 5.32 Å². The average Bonchev–Trinajstić information content (AvgIpc) is 3.35. The Labute approximate surface area is 132 Å². The lowest BCUT2D eigenvalue weighted by atomic mass is 9.55. The molecule has 5 rings (SSSR count). The molecule has 3 unspecified atom stereocenters. The smallest absolute Gasteiger partial charge is 0.115 e. The topological polar surface area (TPSA) is 35.5 Å². The first-order valence-corrected chi connectivity index (χ1v) is 9.03. The summed E-state index contributed by atoms with van der Waals surface area (Å²) in [7, 11) is 0. The maximum absolute atomic E-state index is 10.0. The molecule has 2 N–H and O–H groups in total. The molecule has 2 aliphatic heterocycles. The first-order valence-electron chi connectivity index (χ1n) is 9.03. The molecule has 0 aromatic heterocycles. The van der Waals surface area contributed by atoms with Crippen LogP contribution in [-0.4, -0.2) is 42.2 Å². The monoisotopic (exact) mass is 298 g/mol. The molecule has 3 heteroatoms. The van der Waals surface area contributed by atoms with Crippen molar-refractivity contribution in [2.45, 2.75) is 43.6 Å². The zero-order valence-electron chi connectivity index (χ0n) is 13.2. The van der Waals surface area contributed by atoms with Gasteiger partial charge in [0.05, 0.1) is 0 Å². The highest BCUT2D eigenvalue weighted by Crippen LogP contribution is 2.53. The second-order valence-corrected chi connectivity index (χ2v) is 8.02. The van der Waals surface area contributed by atoms with Gasteiger partial charge < -0.3 is 10.4 Å². The molecule has 2 bridgehead atoms. The highest BCUT2D eigenvalue weighted by molar-refractivity contribution is 5.45. The first-order chi connectivity index (χ1) is 10.8. The molecule has 3 atom stereocenters. The standard InChI is InChI=1S/C19H26N2O/c22-15-4-3-14-9-18-17-11-20-7-5-19(17,16(14)10-15)6-8-21(18)12-13-1-2-13/h3-4,10,13,17-18,20,22H,1-2,5-9,11-12H2. The van der Waals surface area contributed by atoms with Gasteiger partial charge in [-0.3, -0.25) is 4.90 Å². The summed E-state index contributed by atoms with van der Waals surface area (Å²) in [5.74, 6) is 2.15. The molecule has 2 aliphatic carbocycles. The summed E-state index contributed by atoms with van der Waals surface area (Å²) in [6.45, 7) is 4.86. The number of benzene rings is 1. The van der Waals surface area contributed by atoms with Crippen LogP contribution in [0.1, 0.15) is 36.8 Å². The fourth-order valence-corrected chi connectivity index (χ4v) is 5.56. The maximum Gasteiger partial charge on any atom is 0.115 e. The quantitative estimate of drug-likeness (QED) is 0.879. The van der Waals surface area contributed by atoms with Crippen molar-refractivity contribution in [1.82, 2.24) is 10.2 Å². The Kier molecular flexibility index (Phi) is 2.87. The summed E-state index contributed by atoms with van der Waals surface area (Å²) in [6, 6.07) is 6.87. The van der Waals surface area contributed by atoms with Gasteiger partial charge in [0, 0.05) is 24.5 Å². The predicted octanol–water partition coefficient (Wildman–Crippen LogP) is 2.28. The highest BCUT2D eigenvalue weighted by atomic mass is 16.3. The van der Waals surface area contributed by atoms with E-state index in [2.05, 4.69) is 22.3 Å². The van der Waals surface area contributed by atoms with Crippen LogP contribution in [0.25, 0.3) is 0 Å². The van der Waals surface area contributed by atoms with Crippen molar-refractivity contribution in [3.8, 4) is 5.75 Å². The van der Waals surface area contributed by atoms with E-state index in [1.54, 1.807) is 0 Å². The summed E-state index contributed by atoms with van der Waals surface area (Å²) in [5, 5.41) is 13.7. The van der Waals surface area contributed by atoms with Crippen molar-refractivity contribution in [2.75, 3.05) is 26.2 Å². The van der Waals surface area contributed by atoms with Crippen LogP contribution in [0.5, 0.6) is 5.75 Å². The van der Waals surface area contributed by atoms with Gasteiger partial charge in [-0.25, -0.2) is 0 Å². The van der Waals surface area contributed by atoms with Crippen LogP contribution in [0.2, 0.25) is 0 Å². The number of hydrogen-bond acceptors (Lipinski definition) is 3. The molecular weight excluding hydrogens is 272 g/mol. The van der Waals surface area contributed by atoms with E-state index < -0.39 is 0 Å². The molecule has 1 aromatic carbocycles. The zero-order chi connectivity index (χ0) is 14.7. The van der Waals surface area contributed by atoms with E-state index >= 15 is 0 Å². The van der Waals surface area contributed by atoms with Crippen molar-refractivity contribution in [3.63, 3.8) is 0 Å². The Morgan fingerprint density at radius 2 is 2.18 bits per heavy atom. The van der Waals surface area contributed by atoms with Gasteiger partial charge in [-0.15, -0.1) is 0 Å². The fraction of sp³-hybridized carbons (Fsp3) is 0.684. The van der Waals surface area contributed by atoms with Crippen LogP contribution in [0.15, 0.2) is 18.2 Å². The Balaban J connectivity index is 1.58. The predicted molar refractivity (Wildman–Crippen MR) is 87.2 cm³/mol. The maximum atomic E-state index is 10.0. The second kappa shape index (κ2) is 4.72. The van der Waals surface area contributed by atoms with E-state index in [9.17, 15) is 5.11 Å².